The van der Waals surface area contributed by atoms with E-state index in [-0.39, 0.29) is 5.97 Å². The Kier molecular flexibility index (Phi) is 3.06. The summed E-state index contributed by atoms with van der Waals surface area (Å²) in [5.74, 6) is -0.288. The number of thiazole rings is 1. The van der Waals surface area contributed by atoms with E-state index in [9.17, 15) is 4.79 Å². The highest BCUT2D eigenvalue weighted by Crippen LogP contribution is 2.27. The largest absolute Gasteiger partial charge is 0.462 e. The van der Waals surface area contributed by atoms with Crippen molar-refractivity contribution in [3.05, 3.63) is 29.2 Å². The van der Waals surface area contributed by atoms with Crippen molar-refractivity contribution < 1.29 is 9.53 Å². The predicted molar refractivity (Wildman–Crippen MR) is 76.0 cm³/mol. The highest BCUT2D eigenvalue weighted by Gasteiger charge is 2.19. The third-order valence-corrected chi connectivity index (χ3v) is 4.16. The van der Waals surface area contributed by atoms with Crippen LogP contribution in [0.5, 0.6) is 0 Å². The van der Waals surface area contributed by atoms with Crippen LogP contribution in [0.1, 0.15) is 22.3 Å². The maximum absolute atomic E-state index is 11.8. The Morgan fingerprint density at radius 2 is 2.25 bits per heavy atom. The molecule has 0 radical (unpaired) electrons. The number of carbonyl (C=O) groups is 1. The lowest BCUT2D eigenvalue weighted by Crippen LogP contribution is -2.04. The molecule has 0 aromatic carbocycles. The quantitative estimate of drug-likeness (QED) is 0.694. The van der Waals surface area contributed by atoms with E-state index in [0.29, 0.717) is 11.5 Å². The number of hydrogen-bond acceptors (Lipinski definition) is 5. The molecule has 6 nitrogen and oxygen atoms in total. The Balaban J connectivity index is 2.04. The smallest absolute Gasteiger partial charge is 0.350 e. The lowest BCUT2D eigenvalue weighted by Gasteiger charge is -1.99. The Bertz CT molecular complexity index is 784. The lowest BCUT2D eigenvalue weighted by atomic mass is 10.3. The lowest BCUT2D eigenvalue weighted by molar-refractivity contribution is 0.0531. The molecule has 0 amide bonds. The van der Waals surface area contributed by atoms with Crippen molar-refractivity contribution in [2.75, 3.05) is 6.61 Å². The van der Waals surface area contributed by atoms with Crippen LogP contribution in [0.15, 0.2) is 18.6 Å². The number of hydrogen-bond donors (Lipinski definition) is 0. The van der Waals surface area contributed by atoms with Crippen LogP contribution in [-0.2, 0) is 11.8 Å². The Labute approximate surface area is 119 Å². The van der Waals surface area contributed by atoms with Crippen LogP contribution in [0.4, 0.5) is 0 Å². The highest BCUT2D eigenvalue weighted by molar-refractivity contribution is 7.19. The standard InChI is InChI=1S/C13H14N4O2S/c1-4-19-12(18)11-8(2)17-7-10(15-13(17)20-11)9-5-14-16(3)6-9/h5-7H,4H2,1-3H3. The monoisotopic (exact) mass is 290 g/mol. The van der Waals surface area contributed by atoms with Gasteiger partial charge in [0.25, 0.3) is 0 Å². The van der Waals surface area contributed by atoms with E-state index >= 15 is 0 Å². The molecular weight excluding hydrogens is 276 g/mol. The van der Waals surface area contributed by atoms with Crippen LogP contribution in [0.25, 0.3) is 16.2 Å². The van der Waals surface area contributed by atoms with Gasteiger partial charge in [-0.1, -0.05) is 11.3 Å². The van der Waals surface area contributed by atoms with E-state index in [4.69, 9.17) is 4.74 Å². The number of aryl methyl sites for hydroxylation is 2. The maximum atomic E-state index is 11.8. The number of rotatable bonds is 3. The summed E-state index contributed by atoms with van der Waals surface area (Å²) in [6, 6.07) is 0. The second-order valence-corrected chi connectivity index (χ2v) is 5.40. The average molecular weight is 290 g/mol. The summed E-state index contributed by atoms with van der Waals surface area (Å²) in [7, 11) is 1.87. The number of ether oxygens (including phenoxy) is 1. The molecule has 0 fully saturated rings. The Hall–Kier alpha value is -2.15. The molecule has 3 aromatic heterocycles. The molecule has 0 atom stereocenters. The topological polar surface area (TPSA) is 61.4 Å². The molecule has 104 valence electrons. The summed E-state index contributed by atoms with van der Waals surface area (Å²) in [6.45, 7) is 4.07. The van der Waals surface area contributed by atoms with Crippen molar-refractivity contribution in [1.29, 1.82) is 0 Å². The van der Waals surface area contributed by atoms with E-state index in [1.54, 1.807) is 17.8 Å². The third-order valence-electron chi connectivity index (χ3n) is 3.02. The van der Waals surface area contributed by atoms with Gasteiger partial charge in [0.2, 0.25) is 0 Å². The van der Waals surface area contributed by atoms with Crippen LogP contribution in [-0.4, -0.2) is 31.7 Å². The first-order valence-corrected chi connectivity index (χ1v) is 7.06. The van der Waals surface area contributed by atoms with Gasteiger partial charge >= 0.3 is 5.97 Å². The van der Waals surface area contributed by atoms with Gasteiger partial charge in [-0.2, -0.15) is 5.10 Å². The molecule has 0 aliphatic carbocycles. The summed E-state index contributed by atoms with van der Waals surface area (Å²) >= 11 is 1.34. The van der Waals surface area contributed by atoms with E-state index in [2.05, 4.69) is 10.1 Å². The van der Waals surface area contributed by atoms with Crippen molar-refractivity contribution in [1.82, 2.24) is 19.2 Å². The highest BCUT2D eigenvalue weighted by atomic mass is 32.1. The zero-order valence-electron chi connectivity index (χ0n) is 11.5. The molecule has 3 aromatic rings. The first-order valence-electron chi connectivity index (χ1n) is 6.24. The van der Waals surface area contributed by atoms with Crippen molar-refractivity contribution in [3.63, 3.8) is 0 Å². The number of nitrogens with zero attached hydrogens (tertiary/aromatic N) is 4. The summed E-state index contributed by atoms with van der Waals surface area (Å²) in [6.07, 6.45) is 5.60. The fourth-order valence-corrected chi connectivity index (χ4v) is 3.03. The number of aromatic nitrogens is 4. The molecule has 3 rings (SSSR count). The molecule has 7 heteroatoms. The fraction of sp³-hybridized carbons (Fsp3) is 0.308. The predicted octanol–water partition coefficient (Wildman–Crippen LogP) is 2.28. The number of fused-ring (bicyclic) bond motifs is 1. The van der Waals surface area contributed by atoms with Gasteiger partial charge in [-0.15, -0.1) is 0 Å². The normalized spacial score (nSPS) is 11.2. The first-order chi connectivity index (χ1) is 9.60. The van der Waals surface area contributed by atoms with Crippen molar-refractivity contribution in [2.45, 2.75) is 13.8 Å². The summed E-state index contributed by atoms with van der Waals surface area (Å²) < 4.78 is 8.69. The van der Waals surface area contributed by atoms with Gasteiger partial charge in [-0.25, -0.2) is 9.78 Å². The number of imidazole rings is 1. The summed E-state index contributed by atoms with van der Waals surface area (Å²) in [5, 5.41) is 4.14. The summed E-state index contributed by atoms with van der Waals surface area (Å²) in [5.41, 5.74) is 2.66. The van der Waals surface area contributed by atoms with Gasteiger partial charge in [0.15, 0.2) is 4.96 Å². The SMILES string of the molecule is CCOC(=O)c1sc2nc(-c3cnn(C)c3)cn2c1C. The maximum Gasteiger partial charge on any atom is 0.350 e. The molecule has 0 bridgehead atoms. The van der Waals surface area contributed by atoms with E-state index < -0.39 is 0 Å². The molecule has 3 heterocycles. The fourth-order valence-electron chi connectivity index (χ4n) is 2.03. The van der Waals surface area contributed by atoms with Crippen molar-refractivity contribution in [3.8, 4) is 11.3 Å². The minimum Gasteiger partial charge on any atom is -0.462 e. The molecule has 0 N–H and O–H groups in total. The van der Waals surface area contributed by atoms with Gasteiger partial charge in [-0.3, -0.25) is 9.08 Å². The van der Waals surface area contributed by atoms with Crippen molar-refractivity contribution >= 4 is 22.3 Å². The van der Waals surface area contributed by atoms with E-state index in [1.807, 2.05) is 30.8 Å². The molecule has 0 spiro atoms. The Morgan fingerprint density at radius 3 is 2.85 bits per heavy atom. The molecule has 0 saturated carbocycles. The van der Waals surface area contributed by atoms with Crippen LogP contribution in [0.2, 0.25) is 0 Å². The minimum atomic E-state index is -0.288. The van der Waals surface area contributed by atoms with Gasteiger partial charge in [-0.05, 0) is 13.8 Å². The van der Waals surface area contributed by atoms with Crippen LogP contribution < -0.4 is 0 Å². The summed E-state index contributed by atoms with van der Waals surface area (Å²) in [4.78, 5) is 17.8. The van der Waals surface area contributed by atoms with Gasteiger partial charge < -0.3 is 4.74 Å². The molecule has 0 aliphatic rings. The van der Waals surface area contributed by atoms with Crippen LogP contribution in [0, 0.1) is 6.92 Å². The molecular formula is C13H14N4O2S. The van der Waals surface area contributed by atoms with Crippen molar-refractivity contribution in [2.24, 2.45) is 7.05 Å². The third kappa shape index (κ3) is 2.00. The van der Waals surface area contributed by atoms with Gasteiger partial charge in [0.1, 0.15) is 4.88 Å². The molecule has 0 saturated heterocycles. The second kappa shape index (κ2) is 4.75. The zero-order valence-corrected chi connectivity index (χ0v) is 12.3. The van der Waals surface area contributed by atoms with Gasteiger partial charge in [0.05, 0.1) is 18.5 Å². The number of esters is 1. The van der Waals surface area contributed by atoms with E-state index in [0.717, 1.165) is 21.9 Å². The van der Waals surface area contributed by atoms with Crippen LogP contribution in [0.3, 0.4) is 0 Å². The van der Waals surface area contributed by atoms with Crippen LogP contribution >= 0.6 is 11.3 Å². The average Bonchev–Trinajstić information content (AvgIpc) is 3.06. The first kappa shape index (κ1) is 12.9. The van der Waals surface area contributed by atoms with E-state index in [1.165, 1.54) is 11.3 Å². The molecule has 0 aliphatic heterocycles. The zero-order chi connectivity index (χ0) is 14.3. The number of carbonyl (C=O) groups excluding carboxylic acids is 1. The Morgan fingerprint density at radius 1 is 1.45 bits per heavy atom. The molecule has 0 unspecified atom stereocenters. The molecule has 20 heavy (non-hydrogen) atoms. The van der Waals surface area contributed by atoms with Gasteiger partial charge in [0, 0.05) is 30.7 Å². The second-order valence-electron chi connectivity index (χ2n) is 4.42. The minimum absolute atomic E-state index is 0.288.